The summed E-state index contributed by atoms with van der Waals surface area (Å²) in [6.45, 7) is 0.0886. The molecule has 7 heteroatoms. The van der Waals surface area contributed by atoms with E-state index < -0.39 is 17.6 Å². The number of hydrogen-bond acceptors (Lipinski definition) is 2. The van der Waals surface area contributed by atoms with E-state index in [9.17, 15) is 14.0 Å². The lowest BCUT2D eigenvalue weighted by Gasteiger charge is -2.19. The largest absolute Gasteiger partial charge is 0.369 e. The van der Waals surface area contributed by atoms with Crippen molar-refractivity contribution in [2.24, 2.45) is 11.7 Å². The van der Waals surface area contributed by atoms with Gasteiger partial charge in [0.15, 0.2) is 0 Å². The molecule has 1 aliphatic heterocycles. The van der Waals surface area contributed by atoms with Gasteiger partial charge < -0.3 is 10.6 Å². The van der Waals surface area contributed by atoms with Crippen LogP contribution in [0.15, 0.2) is 16.6 Å². The number of carbonyl (C=O) groups excluding carboxylic acids is 2. The maximum Gasteiger partial charge on any atom is 0.227 e. The minimum absolute atomic E-state index is 0.00381. The molecule has 0 bridgehead atoms. The normalized spacial score (nSPS) is 19.4. The van der Waals surface area contributed by atoms with Gasteiger partial charge in [0.25, 0.3) is 0 Å². The van der Waals surface area contributed by atoms with Gasteiger partial charge in [0.2, 0.25) is 11.8 Å². The molecule has 1 saturated heterocycles. The fraction of sp³-hybridized carbons (Fsp3) is 0.273. The smallest absolute Gasteiger partial charge is 0.227 e. The highest BCUT2D eigenvalue weighted by Crippen LogP contribution is 2.35. The molecule has 0 spiro atoms. The van der Waals surface area contributed by atoms with Crippen molar-refractivity contribution in [3.05, 3.63) is 27.4 Å². The van der Waals surface area contributed by atoms with E-state index in [-0.39, 0.29) is 29.6 Å². The third-order valence-electron chi connectivity index (χ3n) is 2.78. The van der Waals surface area contributed by atoms with E-state index in [4.69, 9.17) is 17.3 Å². The monoisotopic (exact) mass is 334 g/mol. The van der Waals surface area contributed by atoms with E-state index in [1.165, 1.54) is 11.0 Å². The summed E-state index contributed by atoms with van der Waals surface area (Å²) < 4.78 is 14.2. The zero-order chi connectivity index (χ0) is 13.4. The Morgan fingerprint density at radius 3 is 2.72 bits per heavy atom. The Balaban J connectivity index is 2.39. The van der Waals surface area contributed by atoms with E-state index in [1.807, 2.05) is 0 Å². The summed E-state index contributed by atoms with van der Waals surface area (Å²) in [6, 6.07) is 2.61. The summed E-state index contributed by atoms with van der Waals surface area (Å²) in [5.41, 5.74) is 5.25. The number of hydrogen-bond donors (Lipinski definition) is 1. The number of anilines is 1. The van der Waals surface area contributed by atoms with Crippen molar-refractivity contribution in [1.29, 1.82) is 0 Å². The van der Waals surface area contributed by atoms with E-state index in [2.05, 4.69) is 15.9 Å². The van der Waals surface area contributed by atoms with Gasteiger partial charge in [0.05, 0.1) is 11.6 Å². The van der Waals surface area contributed by atoms with E-state index in [0.717, 1.165) is 6.07 Å². The van der Waals surface area contributed by atoms with Gasteiger partial charge in [0.1, 0.15) is 5.82 Å². The number of nitrogens with two attached hydrogens (primary N) is 1. The number of nitrogens with zero attached hydrogens (tertiary/aromatic N) is 1. The van der Waals surface area contributed by atoms with Gasteiger partial charge in [-0.15, -0.1) is 0 Å². The molecule has 0 aliphatic carbocycles. The van der Waals surface area contributed by atoms with Crippen molar-refractivity contribution >= 4 is 45.0 Å². The van der Waals surface area contributed by atoms with Gasteiger partial charge in [-0.1, -0.05) is 11.6 Å². The molecule has 0 aromatic heterocycles. The van der Waals surface area contributed by atoms with Crippen LogP contribution < -0.4 is 10.6 Å². The minimum Gasteiger partial charge on any atom is -0.369 e. The summed E-state index contributed by atoms with van der Waals surface area (Å²) in [5.74, 6) is -2.09. The van der Waals surface area contributed by atoms with Crippen LogP contribution in [0.25, 0.3) is 0 Å². The van der Waals surface area contributed by atoms with Crippen LogP contribution in [0.4, 0.5) is 10.1 Å². The van der Waals surface area contributed by atoms with Crippen molar-refractivity contribution in [2.75, 3.05) is 11.4 Å². The summed E-state index contributed by atoms with van der Waals surface area (Å²) >= 11 is 8.85. The van der Waals surface area contributed by atoms with Crippen LogP contribution in [0.5, 0.6) is 0 Å². The second kappa shape index (κ2) is 4.85. The Morgan fingerprint density at radius 1 is 1.56 bits per heavy atom. The summed E-state index contributed by atoms with van der Waals surface area (Å²) in [6.07, 6.45) is 0.00381. The topological polar surface area (TPSA) is 63.4 Å². The lowest BCUT2D eigenvalue weighted by atomic mass is 10.1. The van der Waals surface area contributed by atoms with Crippen LogP contribution in [0, 0.1) is 11.7 Å². The Kier molecular flexibility index (Phi) is 3.59. The fourth-order valence-corrected chi connectivity index (χ4v) is 2.89. The first-order valence-electron chi connectivity index (χ1n) is 5.14. The number of carbonyl (C=O) groups is 2. The van der Waals surface area contributed by atoms with Gasteiger partial charge in [-0.25, -0.2) is 4.39 Å². The number of primary amides is 1. The molecule has 1 unspecified atom stereocenters. The van der Waals surface area contributed by atoms with E-state index in [0.29, 0.717) is 4.47 Å². The summed E-state index contributed by atoms with van der Waals surface area (Å²) in [4.78, 5) is 24.1. The highest BCUT2D eigenvalue weighted by atomic mass is 79.9. The number of halogens is 3. The Morgan fingerprint density at radius 2 is 2.22 bits per heavy atom. The molecule has 1 aromatic carbocycles. The quantitative estimate of drug-likeness (QED) is 0.899. The van der Waals surface area contributed by atoms with Gasteiger partial charge in [-0.05, 0) is 28.1 Å². The third-order valence-corrected chi connectivity index (χ3v) is 3.60. The SMILES string of the molecule is NC(=O)C1CC(=O)N(c2c(F)cc(Cl)cc2Br)C1. The fourth-order valence-electron chi connectivity index (χ4n) is 1.91. The van der Waals surface area contributed by atoms with Crippen LogP contribution in [-0.4, -0.2) is 18.4 Å². The highest BCUT2D eigenvalue weighted by molar-refractivity contribution is 9.10. The molecule has 1 aromatic rings. The van der Waals surface area contributed by atoms with Gasteiger partial charge in [0, 0.05) is 22.5 Å². The molecule has 2 rings (SSSR count). The second-order valence-corrected chi connectivity index (χ2v) is 5.32. The maximum atomic E-state index is 13.8. The molecule has 0 radical (unpaired) electrons. The average molecular weight is 336 g/mol. The van der Waals surface area contributed by atoms with Crippen LogP contribution in [0.2, 0.25) is 5.02 Å². The molecular weight excluding hydrogens is 326 g/mol. The maximum absolute atomic E-state index is 13.8. The van der Waals surface area contributed by atoms with Gasteiger partial charge in [-0.3, -0.25) is 9.59 Å². The first-order valence-corrected chi connectivity index (χ1v) is 6.31. The highest BCUT2D eigenvalue weighted by Gasteiger charge is 2.36. The summed E-state index contributed by atoms with van der Waals surface area (Å²) in [5, 5.41) is 0.223. The molecule has 0 saturated carbocycles. The molecular formula is C11H9BrClFN2O2. The second-order valence-electron chi connectivity index (χ2n) is 4.03. The van der Waals surface area contributed by atoms with Crippen molar-refractivity contribution in [3.8, 4) is 0 Å². The zero-order valence-corrected chi connectivity index (χ0v) is 11.5. The van der Waals surface area contributed by atoms with Crippen LogP contribution in [0.1, 0.15) is 6.42 Å². The lowest BCUT2D eigenvalue weighted by Crippen LogP contribution is -2.29. The molecule has 1 aliphatic rings. The predicted molar refractivity (Wildman–Crippen MR) is 68.8 cm³/mol. The molecule has 96 valence electrons. The molecule has 1 fully saturated rings. The van der Waals surface area contributed by atoms with Crippen molar-refractivity contribution in [1.82, 2.24) is 0 Å². The van der Waals surface area contributed by atoms with Crippen LogP contribution >= 0.6 is 27.5 Å². The first kappa shape index (κ1) is 13.3. The predicted octanol–water partition coefficient (Wildman–Crippen LogP) is 2.08. The Hall–Kier alpha value is -1.14. The molecule has 1 atom stereocenters. The van der Waals surface area contributed by atoms with Gasteiger partial charge >= 0.3 is 0 Å². The minimum atomic E-state index is -0.618. The van der Waals surface area contributed by atoms with E-state index >= 15 is 0 Å². The third kappa shape index (κ3) is 2.35. The van der Waals surface area contributed by atoms with Crippen LogP contribution in [-0.2, 0) is 9.59 Å². The molecule has 2 amide bonds. The molecule has 4 nitrogen and oxygen atoms in total. The standard InChI is InChI=1S/C11H9BrClFN2O2/c12-7-2-6(13)3-8(14)10(7)16-4-5(11(15)18)1-9(16)17/h2-3,5H,1,4H2,(H2,15,18). The lowest BCUT2D eigenvalue weighted by molar-refractivity contribution is -0.123. The molecule has 18 heavy (non-hydrogen) atoms. The molecule has 1 heterocycles. The first-order chi connectivity index (χ1) is 8.40. The average Bonchev–Trinajstić information content (AvgIpc) is 2.59. The van der Waals surface area contributed by atoms with Crippen LogP contribution in [0.3, 0.4) is 0 Å². The van der Waals surface area contributed by atoms with Crippen molar-refractivity contribution in [3.63, 3.8) is 0 Å². The summed E-state index contributed by atoms with van der Waals surface area (Å²) in [7, 11) is 0. The Labute approximate surface area is 116 Å². The Bertz CT molecular complexity index is 515. The number of rotatable bonds is 2. The van der Waals surface area contributed by atoms with Gasteiger partial charge in [-0.2, -0.15) is 0 Å². The van der Waals surface area contributed by atoms with Crippen molar-refractivity contribution < 1.29 is 14.0 Å². The van der Waals surface area contributed by atoms with E-state index in [1.54, 1.807) is 0 Å². The number of amides is 2. The number of benzene rings is 1. The van der Waals surface area contributed by atoms with Crippen molar-refractivity contribution in [2.45, 2.75) is 6.42 Å². The molecule has 2 N–H and O–H groups in total. The zero-order valence-electron chi connectivity index (χ0n) is 9.12.